The average molecular weight is 516 g/mol. The van der Waals surface area contributed by atoms with E-state index in [0.717, 1.165) is 50.1 Å². The van der Waals surface area contributed by atoms with Crippen LogP contribution in [0.5, 0.6) is 0 Å². The molecule has 0 saturated heterocycles. The van der Waals surface area contributed by atoms with E-state index < -0.39 is 0 Å². The lowest BCUT2D eigenvalue weighted by Gasteiger charge is -2.35. The zero-order valence-corrected chi connectivity index (χ0v) is 21.6. The minimum Gasteiger partial charge on any atom is -0.446 e. The molecule has 1 unspecified atom stereocenters. The molecule has 0 fully saturated rings. The summed E-state index contributed by atoms with van der Waals surface area (Å²) >= 11 is 5.90. The zero-order valence-electron chi connectivity index (χ0n) is 20.9. The van der Waals surface area contributed by atoms with Crippen LogP contribution in [-0.4, -0.2) is 32.3 Å². The van der Waals surface area contributed by atoms with Gasteiger partial charge in [-0.2, -0.15) is 0 Å². The highest BCUT2D eigenvalue weighted by Crippen LogP contribution is 2.34. The summed E-state index contributed by atoms with van der Waals surface area (Å²) in [6, 6.07) is 16.1. The van der Waals surface area contributed by atoms with E-state index in [1.165, 1.54) is 23.0 Å². The van der Waals surface area contributed by atoms with Crippen molar-refractivity contribution in [2.24, 2.45) is 0 Å². The van der Waals surface area contributed by atoms with Crippen LogP contribution in [-0.2, 0) is 25.9 Å². The monoisotopic (exact) mass is 515 g/mol. The number of aryl methyl sites for hydroxylation is 2. The van der Waals surface area contributed by atoms with Crippen LogP contribution in [0.25, 0.3) is 0 Å². The highest BCUT2D eigenvalue weighted by atomic mass is 35.5. The Kier molecular flexibility index (Phi) is 7.92. The molecule has 1 atom stereocenters. The van der Waals surface area contributed by atoms with Crippen LogP contribution >= 0.6 is 11.6 Å². The Balaban J connectivity index is 1.27. The lowest BCUT2D eigenvalue weighted by atomic mass is 9.90. The third kappa shape index (κ3) is 6.42. The van der Waals surface area contributed by atoms with E-state index in [0.29, 0.717) is 23.2 Å². The van der Waals surface area contributed by atoms with E-state index in [2.05, 4.69) is 50.5 Å². The Morgan fingerprint density at radius 3 is 2.73 bits per heavy atom. The fraction of sp³-hybridized carbons (Fsp3) is 0.310. The van der Waals surface area contributed by atoms with Gasteiger partial charge in [0.25, 0.3) is 5.91 Å². The molecule has 37 heavy (non-hydrogen) atoms. The number of amides is 1. The van der Waals surface area contributed by atoms with Crippen molar-refractivity contribution in [2.45, 2.75) is 51.7 Å². The summed E-state index contributed by atoms with van der Waals surface area (Å²) in [5, 5.41) is 3.25. The molecule has 1 aliphatic rings. The third-order valence-corrected chi connectivity index (χ3v) is 6.98. The molecule has 0 bridgehead atoms. The third-order valence-electron chi connectivity index (χ3n) is 6.77. The first-order valence-electron chi connectivity index (χ1n) is 12.6. The van der Waals surface area contributed by atoms with Crippen LogP contribution in [0, 0.1) is 6.92 Å². The largest absolute Gasteiger partial charge is 0.446 e. The molecule has 8 heteroatoms. The first-order valence-corrected chi connectivity index (χ1v) is 13.0. The molecule has 0 radical (unpaired) electrons. The van der Waals surface area contributed by atoms with Gasteiger partial charge in [0, 0.05) is 50.9 Å². The number of aromatic nitrogens is 3. The number of nitrogens with zero attached hydrogens (tertiary/aromatic N) is 4. The second-order valence-electron chi connectivity index (χ2n) is 9.39. The lowest BCUT2D eigenvalue weighted by molar-refractivity contribution is 0.0950. The Labute approximate surface area is 221 Å². The standard InChI is InChI=1S/C29H30ClN5O2/c1-20-33-18-25(37-20)12-15-35(26-6-2-4-23-5-3-13-32-28(23)26)19-22-9-7-21(8-10-22)17-34-29(36)24-11-14-31-27(30)16-24/h3,5,7-11,13-14,16,18,26H,2,4,6,12,15,17,19H2,1H3,(H,34,36). The van der Waals surface area contributed by atoms with E-state index >= 15 is 0 Å². The molecule has 1 N–H and O–H groups in total. The fourth-order valence-electron chi connectivity index (χ4n) is 4.89. The van der Waals surface area contributed by atoms with Crippen molar-refractivity contribution < 1.29 is 9.21 Å². The number of oxazole rings is 1. The number of halogens is 1. The second-order valence-corrected chi connectivity index (χ2v) is 9.78. The number of hydrogen-bond donors (Lipinski definition) is 1. The van der Waals surface area contributed by atoms with Crippen LogP contribution in [0.3, 0.4) is 0 Å². The van der Waals surface area contributed by atoms with Gasteiger partial charge < -0.3 is 9.73 Å². The molecule has 1 aromatic carbocycles. The van der Waals surface area contributed by atoms with E-state index in [-0.39, 0.29) is 11.9 Å². The number of hydrogen-bond acceptors (Lipinski definition) is 6. The van der Waals surface area contributed by atoms with Gasteiger partial charge in [0.05, 0.1) is 17.9 Å². The molecule has 190 valence electrons. The molecule has 7 nitrogen and oxygen atoms in total. The van der Waals surface area contributed by atoms with Crippen molar-refractivity contribution in [3.05, 3.63) is 112 Å². The number of fused-ring (bicyclic) bond motifs is 1. The summed E-state index contributed by atoms with van der Waals surface area (Å²) in [6.07, 6.45) is 9.37. The van der Waals surface area contributed by atoms with Gasteiger partial charge in [-0.05, 0) is 54.2 Å². The maximum atomic E-state index is 12.4. The maximum Gasteiger partial charge on any atom is 0.251 e. The SMILES string of the molecule is Cc1ncc(CCN(Cc2ccc(CNC(=O)c3ccnc(Cl)c3)cc2)C2CCCc3cccnc32)o1. The summed E-state index contributed by atoms with van der Waals surface area (Å²) in [6.45, 7) is 3.96. The van der Waals surface area contributed by atoms with Crippen LogP contribution in [0.4, 0.5) is 0 Å². The molecule has 0 saturated carbocycles. The van der Waals surface area contributed by atoms with Crippen molar-refractivity contribution in [1.29, 1.82) is 0 Å². The van der Waals surface area contributed by atoms with E-state index in [1.807, 2.05) is 25.4 Å². The van der Waals surface area contributed by atoms with Crippen LogP contribution in [0.1, 0.15) is 63.3 Å². The van der Waals surface area contributed by atoms with Gasteiger partial charge in [-0.3, -0.25) is 14.7 Å². The van der Waals surface area contributed by atoms with Crippen LogP contribution < -0.4 is 5.32 Å². The summed E-state index contributed by atoms with van der Waals surface area (Å²) in [7, 11) is 0. The second kappa shape index (κ2) is 11.7. The predicted octanol–water partition coefficient (Wildman–Crippen LogP) is 5.48. The summed E-state index contributed by atoms with van der Waals surface area (Å²) in [4.78, 5) is 27.9. The molecule has 3 aromatic heterocycles. The van der Waals surface area contributed by atoms with Crippen LogP contribution in [0.2, 0.25) is 5.15 Å². The van der Waals surface area contributed by atoms with Crippen LogP contribution in [0.15, 0.2) is 71.5 Å². The first kappa shape index (κ1) is 25.1. The van der Waals surface area contributed by atoms with Crippen molar-refractivity contribution in [1.82, 2.24) is 25.2 Å². The maximum absolute atomic E-state index is 12.4. The summed E-state index contributed by atoms with van der Waals surface area (Å²) in [5.74, 6) is 1.42. The first-order chi connectivity index (χ1) is 18.0. The molecule has 0 aliphatic heterocycles. The Bertz CT molecular complexity index is 1350. The topological polar surface area (TPSA) is 84.2 Å². The number of carbonyl (C=O) groups is 1. The van der Waals surface area contributed by atoms with Gasteiger partial charge in [0.2, 0.25) is 0 Å². The molecule has 5 rings (SSSR count). The van der Waals surface area contributed by atoms with E-state index in [9.17, 15) is 4.79 Å². The van der Waals surface area contributed by atoms with Crippen molar-refractivity contribution in [3.63, 3.8) is 0 Å². The van der Waals surface area contributed by atoms with Gasteiger partial charge in [-0.25, -0.2) is 9.97 Å². The number of rotatable bonds is 9. The smallest absolute Gasteiger partial charge is 0.251 e. The Morgan fingerprint density at radius 1 is 1.11 bits per heavy atom. The number of pyridine rings is 2. The number of benzene rings is 1. The minimum absolute atomic E-state index is 0.175. The Hall–Kier alpha value is -3.55. The van der Waals surface area contributed by atoms with Gasteiger partial charge in [0.15, 0.2) is 5.89 Å². The number of carbonyl (C=O) groups excluding carboxylic acids is 1. The average Bonchev–Trinajstić information content (AvgIpc) is 3.35. The number of nitrogens with one attached hydrogen (secondary N) is 1. The van der Waals surface area contributed by atoms with Crippen molar-refractivity contribution in [2.75, 3.05) is 6.54 Å². The van der Waals surface area contributed by atoms with Gasteiger partial charge in [-0.1, -0.05) is 41.9 Å². The molecule has 3 heterocycles. The predicted molar refractivity (Wildman–Crippen MR) is 142 cm³/mol. The van der Waals surface area contributed by atoms with Gasteiger partial charge in [-0.15, -0.1) is 0 Å². The fourth-order valence-corrected chi connectivity index (χ4v) is 5.06. The van der Waals surface area contributed by atoms with Gasteiger partial charge in [0.1, 0.15) is 10.9 Å². The lowest BCUT2D eigenvalue weighted by Crippen LogP contribution is -2.33. The zero-order chi connectivity index (χ0) is 25.6. The normalized spacial score (nSPS) is 14.9. The summed E-state index contributed by atoms with van der Waals surface area (Å²) < 4.78 is 5.74. The van der Waals surface area contributed by atoms with E-state index in [1.54, 1.807) is 12.1 Å². The molecular weight excluding hydrogens is 486 g/mol. The molecule has 4 aromatic rings. The molecule has 1 amide bonds. The highest BCUT2D eigenvalue weighted by molar-refractivity contribution is 6.29. The Morgan fingerprint density at radius 2 is 1.95 bits per heavy atom. The van der Waals surface area contributed by atoms with E-state index in [4.69, 9.17) is 21.0 Å². The molecule has 1 aliphatic carbocycles. The minimum atomic E-state index is -0.175. The van der Waals surface area contributed by atoms with Gasteiger partial charge >= 0.3 is 0 Å². The molecular formula is C29H30ClN5O2. The molecule has 0 spiro atoms. The van der Waals surface area contributed by atoms with Crippen molar-refractivity contribution >= 4 is 17.5 Å². The highest BCUT2D eigenvalue weighted by Gasteiger charge is 2.27. The van der Waals surface area contributed by atoms with Crippen molar-refractivity contribution in [3.8, 4) is 0 Å². The quantitative estimate of drug-likeness (QED) is 0.297. The summed E-state index contributed by atoms with van der Waals surface area (Å²) in [5.41, 5.74) is 5.29.